The number of benzene rings is 1. The summed E-state index contributed by atoms with van der Waals surface area (Å²) in [4.78, 5) is 17.1. The monoisotopic (exact) mass is 395 g/mol. The molecule has 11 heteroatoms. The molecule has 0 atom stereocenters. The number of allylic oxidation sites excluding steroid dienone is 1. The summed E-state index contributed by atoms with van der Waals surface area (Å²) in [5, 5.41) is 0. The van der Waals surface area contributed by atoms with E-state index in [4.69, 9.17) is 5.73 Å². The van der Waals surface area contributed by atoms with Gasteiger partial charge < -0.3 is 15.4 Å². The van der Waals surface area contributed by atoms with E-state index in [0.29, 0.717) is 6.42 Å². The largest absolute Gasteiger partial charge is 0.465 e. The molecule has 0 aromatic heterocycles. The van der Waals surface area contributed by atoms with Crippen molar-refractivity contribution in [2.24, 2.45) is 10.7 Å². The maximum atomic E-state index is 13.1. The molecule has 1 aliphatic heterocycles. The molecule has 0 fully saturated rings. The number of alkyl halides is 6. The summed E-state index contributed by atoms with van der Waals surface area (Å²) in [6.07, 6.45) is -9.16. The summed E-state index contributed by atoms with van der Waals surface area (Å²) < 4.78 is 81.7. The highest BCUT2D eigenvalue weighted by Crippen LogP contribution is 2.32. The molecule has 0 bridgehead atoms. The highest BCUT2D eigenvalue weighted by Gasteiger charge is 2.40. The molecular formula is C16H15F6N3O2. The van der Waals surface area contributed by atoms with Gasteiger partial charge in [-0.3, -0.25) is 4.99 Å². The zero-order chi connectivity index (χ0) is 20.4. The predicted molar refractivity (Wildman–Crippen MR) is 85.0 cm³/mol. The van der Waals surface area contributed by atoms with Crippen LogP contribution in [0.1, 0.15) is 12.0 Å². The van der Waals surface area contributed by atoms with Crippen LogP contribution in [0, 0.1) is 0 Å². The average molecular weight is 395 g/mol. The number of amidine groups is 1. The molecule has 2 rings (SSSR count). The number of hydrogen-bond donors (Lipinski definition) is 1. The summed E-state index contributed by atoms with van der Waals surface area (Å²) in [6, 6.07) is 3.75. The fourth-order valence-corrected chi connectivity index (χ4v) is 2.47. The lowest BCUT2D eigenvalue weighted by Gasteiger charge is -2.31. The molecular weight excluding hydrogens is 380 g/mol. The average Bonchev–Trinajstić information content (AvgIpc) is 2.60. The molecule has 0 unspecified atom stereocenters. The predicted octanol–water partition coefficient (Wildman–Crippen LogP) is 3.26. The number of halogens is 6. The quantitative estimate of drug-likeness (QED) is 0.485. The number of hydrogen-bond acceptors (Lipinski definition) is 5. The molecule has 0 radical (unpaired) electrons. The van der Waals surface area contributed by atoms with Gasteiger partial charge in [0.15, 0.2) is 0 Å². The van der Waals surface area contributed by atoms with Crippen LogP contribution in [0.3, 0.4) is 0 Å². The van der Waals surface area contributed by atoms with Crippen molar-refractivity contribution < 1.29 is 35.9 Å². The summed E-state index contributed by atoms with van der Waals surface area (Å²) in [5.74, 6) is -1.75. The van der Waals surface area contributed by atoms with Crippen molar-refractivity contribution in [2.75, 3.05) is 25.1 Å². The molecule has 0 amide bonds. The molecule has 0 aliphatic carbocycles. The number of carbonyl (C=O) groups is 1. The van der Waals surface area contributed by atoms with Gasteiger partial charge in [0.1, 0.15) is 17.1 Å². The van der Waals surface area contributed by atoms with Crippen molar-refractivity contribution in [1.29, 1.82) is 0 Å². The van der Waals surface area contributed by atoms with Crippen LogP contribution < -0.4 is 10.6 Å². The Labute approximate surface area is 150 Å². The first-order valence-electron chi connectivity index (χ1n) is 7.61. The first-order valence-corrected chi connectivity index (χ1v) is 7.61. The SMILES string of the molecule is COC(=O)C(C1=NCCCN1c1ccc(C(F)(F)F)cc1)=C(N)C(F)(F)F. The van der Waals surface area contributed by atoms with E-state index in [0.717, 1.165) is 31.4 Å². The first kappa shape index (κ1) is 20.6. The minimum absolute atomic E-state index is 0.123. The van der Waals surface area contributed by atoms with Crippen LogP contribution in [-0.2, 0) is 15.7 Å². The number of nitrogens with zero attached hydrogens (tertiary/aromatic N) is 2. The van der Waals surface area contributed by atoms with Gasteiger partial charge in [0.2, 0.25) is 0 Å². The Hall–Kier alpha value is -2.72. The molecule has 27 heavy (non-hydrogen) atoms. The smallest absolute Gasteiger partial charge is 0.431 e. The maximum absolute atomic E-state index is 13.1. The Balaban J connectivity index is 2.53. The van der Waals surface area contributed by atoms with Gasteiger partial charge in [-0.25, -0.2) is 4.79 Å². The third-order valence-corrected chi connectivity index (χ3v) is 3.75. The van der Waals surface area contributed by atoms with Crippen LogP contribution >= 0.6 is 0 Å². The second-order valence-electron chi connectivity index (χ2n) is 5.53. The van der Waals surface area contributed by atoms with E-state index < -0.39 is 41.0 Å². The molecule has 1 aromatic rings. The van der Waals surface area contributed by atoms with Crippen LogP contribution in [0.25, 0.3) is 0 Å². The number of rotatable bonds is 3. The lowest BCUT2D eigenvalue weighted by Crippen LogP contribution is -2.41. The number of carbonyl (C=O) groups excluding carboxylic acids is 1. The number of esters is 1. The minimum Gasteiger partial charge on any atom is -0.465 e. The molecule has 0 saturated carbocycles. The number of aliphatic imine (C=N–C) groups is 1. The van der Waals surface area contributed by atoms with Crippen LogP contribution in [0.5, 0.6) is 0 Å². The van der Waals surface area contributed by atoms with E-state index >= 15 is 0 Å². The lowest BCUT2D eigenvalue weighted by molar-refractivity contribution is -0.138. The topological polar surface area (TPSA) is 67.9 Å². The molecule has 2 N–H and O–H groups in total. The fourth-order valence-electron chi connectivity index (χ4n) is 2.47. The Bertz CT molecular complexity index is 766. The molecule has 5 nitrogen and oxygen atoms in total. The van der Waals surface area contributed by atoms with Crippen LogP contribution in [0.15, 0.2) is 40.5 Å². The minimum atomic E-state index is -5.02. The van der Waals surface area contributed by atoms with Gasteiger partial charge in [0.05, 0.1) is 12.7 Å². The van der Waals surface area contributed by atoms with Crippen molar-refractivity contribution in [1.82, 2.24) is 0 Å². The third-order valence-electron chi connectivity index (χ3n) is 3.75. The summed E-state index contributed by atoms with van der Waals surface area (Å²) in [6.45, 7) is 0.258. The molecule has 0 spiro atoms. The van der Waals surface area contributed by atoms with Gasteiger partial charge in [0, 0.05) is 18.8 Å². The van der Waals surface area contributed by atoms with Crippen LogP contribution in [-0.4, -0.2) is 38.2 Å². The van der Waals surface area contributed by atoms with Gasteiger partial charge in [0.25, 0.3) is 0 Å². The standard InChI is InChI=1S/C16H15F6N3O2/c1-27-14(26)11(12(23)16(20,21)22)13-24-7-2-8-25(13)10-5-3-9(4-6-10)15(17,18)19/h3-6H,2,7-8,23H2,1H3. The number of anilines is 1. The van der Waals surface area contributed by atoms with Gasteiger partial charge in [-0.2, -0.15) is 26.3 Å². The third kappa shape index (κ3) is 4.52. The Morgan fingerprint density at radius 3 is 2.22 bits per heavy atom. The zero-order valence-electron chi connectivity index (χ0n) is 14.0. The van der Waals surface area contributed by atoms with E-state index in [2.05, 4.69) is 9.73 Å². The van der Waals surface area contributed by atoms with Crippen LogP contribution in [0.2, 0.25) is 0 Å². The number of nitrogens with two attached hydrogens (primary N) is 1. The lowest BCUT2D eigenvalue weighted by atomic mass is 10.1. The number of ether oxygens (including phenoxy) is 1. The highest BCUT2D eigenvalue weighted by molar-refractivity contribution is 6.25. The van der Waals surface area contributed by atoms with Crippen LogP contribution in [0.4, 0.5) is 32.0 Å². The summed E-state index contributed by atoms with van der Waals surface area (Å²) in [7, 11) is 0.887. The molecule has 1 heterocycles. The number of methoxy groups -OCH3 is 1. The highest BCUT2D eigenvalue weighted by atomic mass is 19.4. The van der Waals surface area contributed by atoms with Crippen molar-refractivity contribution in [2.45, 2.75) is 18.8 Å². The van der Waals surface area contributed by atoms with E-state index in [-0.39, 0.29) is 18.8 Å². The van der Waals surface area contributed by atoms with E-state index in [1.807, 2.05) is 0 Å². The summed E-state index contributed by atoms with van der Waals surface area (Å²) in [5.41, 5.74) is 1.67. The first-order chi connectivity index (χ1) is 12.5. The van der Waals surface area contributed by atoms with Crippen molar-refractivity contribution in [3.8, 4) is 0 Å². The van der Waals surface area contributed by atoms with E-state index in [1.54, 1.807) is 0 Å². The second-order valence-corrected chi connectivity index (χ2v) is 5.53. The van der Waals surface area contributed by atoms with E-state index in [9.17, 15) is 31.1 Å². The van der Waals surface area contributed by atoms with Gasteiger partial charge in [-0.15, -0.1) is 0 Å². The Morgan fingerprint density at radius 1 is 1.15 bits per heavy atom. The van der Waals surface area contributed by atoms with Crippen molar-refractivity contribution >= 4 is 17.5 Å². The van der Waals surface area contributed by atoms with Crippen molar-refractivity contribution in [3.05, 3.63) is 41.1 Å². The van der Waals surface area contributed by atoms with Gasteiger partial charge >= 0.3 is 18.3 Å². The fraction of sp³-hybridized carbons (Fsp3) is 0.375. The molecule has 0 saturated heterocycles. The van der Waals surface area contributed by atoms with Gasteiger partial charge in [-0.1, -0.05) is 0 Å². The normalized spacial score (nSPS) is 16.6. The van der Waals surface area contributed by atoms with E-state index in [1.165, 1.54) is 4.90 Å². The molecule has 148 valence electrons. The van der Waals surface area contributed by atoms with Gasteiger partial charge in [-0.05, 0) is 30.7 Å². The second kappa shape index (κ2) is 7.49. The zero-order valence-corrected chi connectivity index (χ0v) is 14.0. The molecule has 1 aliphatic rings. The Morgan fingerprint density at radius 2 is 1.74 bits per heavy atom. The Kier molecular flexibility index (Phi) is 5.71. The summed E-state index contributed by atoms with van der Waals surface area (Å²) >= 11 is 0. The molecule has 1 aromatic carbocycles. The van der Waals surface area contributed by atoms with Crippen molar-refractivity contribution in [3.63, 3.8) is 0 Å². The maximum Gasteiger partial charge on any atom is 0.431 e.